The first-order valence-corrected chi connectivity index (χ1v) is 9.67. The van der Waals surface area contributed by atoms with E-state index in [-0.39, 0.29) is 6.54 Å². The summed E-state index contributed by atoms with van der Waals surface area (Å²) in [5.41, 5.74) is 3.43. The molecular weight excluding hydrogens is 372 g/mol. The van der Waals surface area contributed by atoms with Gasteiger partial charge in [-0.25, -0.2) is 0 Å². The average molecular weight is 392 g/mol. The van der Waals surface area contributed by atoms with Crippen molar-refractivity contribution in [2.75, 3.05) is 26.7 Å². The van der Waals surface area contributed by atoms with Crippen molar-refractivity contribution >= 4 is 17.3 Å². The van der Waals surface area contributed by atoms with Crippen LogP contribution in [0.1, 0.15) is 5.56 Å². The molecule has 0 bridgehead atoms. The van der Waals surface area contributed by atoms with Crippen LogP contribution in [-0.4, -0.2) is 42.7 Å². The van der Waals surface area contributed by atoms with Crippen LogP contribution in [0, 0.1) is 11.3 Å². The molecule has 142 valence electrons. The molecule has 0 radical (unpaired) electrons. The molecule has 0 saturated carbocycles. The van der Waals surface area contributed by atoms with Gasteiger partial charge in [0.25, 0.3) is 0 Å². The van der Waals surface area contributed by atoms with Gasteiger partial charge >= 0.3 is 5.97 Å². The largest absolute Gasteiger partial charge is 0.492 e. The number of carbonyl (C=O) groups is 1. The number of nitriles is 1. The molecular formula is C22H20N2O3S. The standard InChI is InChI=1S/C22H20N2O3S/c1-24(15-22(25)26)10-11-27-20-9-8-16(13-19(20)21-7-4-12-28-21)18-6-3-2-5-17(18)14-23/h2-9,12-13H,10-11,15H2,1H3,(H,25,26). The third-order valence-electron chi connectivity index (χ3n) is 4.26. The number of carboxylic acids is 1. The Balaban J connectivity index is 1.87. The number of hydrogen-bond acceptors (Lipinski definition) is 5. The van der Waals surface area contributed by atoms with E-state index in [9.17, 15) is 10.1 Å². The first-order valence-electron chi connectivity index (χ1n) is 8.79. The molecule has 0 amide bonds. The molecule has 0 atom stereocenters. The van der Waals surface area contributed by atoms with Crippen molar-refractivity contribution in [3.63, 3.8) is 0 Å². The zero-order valence-electron chi connectivity index (χ0n) is 15.5. The second kappa shape index (κ2) is 9.18. The lowest BCUT2D eigenvalue weighted by molar-refractivity contribution is -0.138. The molecule has 0 spiro atoms. The molecule has 1 aromatic heterocycles. The summed E-state index contributed by atoms with van der Waals surface area (Å²) < 4.78 is 5.97. The van der Waals surface area contributed by atoms with Crippen molar-refractivity contribution in [1.82, 2.24) is 4.90 Å². The van der Waals surface area contributed by atoms with E-state index in [4.69, 9.17) is 9.84 Å². The number of rotatable bonds is 8. The Morgan fingerprint density at radius 1 is 1.18 bits per heavy atom. The van der Waals surface area contributed by atoms with Gasteiger partial charge in [0, 0.05) is 17.0 Å². The van der Waals surface area contributed by atoms with Crippen molar-refractivity contribution in [3.05, 3.63) is 65.5 Å². The van der Waals surface area contributed by atoms with Crippen LogP contribution in [0.25, 0.3) is 21.6 Å². The number of nitrogens with zero attached hydrogens (tertiary/aromatic N) is 2. The van der Waals surface area contributed by atoms with Crippen LogP contribution in [-0.2, 0) is 4.79 Å². The molecule has 2 aromatic carbocycles. The van der Waals surface area contributed by atoms with Gasteiger partial charge in [0.15, 0.2) is 0 Å². The van der Waals surface area contributed by atoms with Gasteiger partial charge in [-0.3, -0.25) is 9.69 Å². The lowest BCUT2D eigenvalue weighted by Gasteiger charge is -2.17. The van der Waals surface area contributed by atoms with E-state index in [1.807, 2.05) is 60.0 Å². The van der Waals surface area contributed by atoms with E-state index in [0.717, 1.165) is 27.3 Å². The fourth-order valence-corrected chi connectivity index (χ4v) is 3.65. The maximum absolute atomic E-state index is 10.8. The normalized spacial score (nSPS) is 10.6. The lowest BCUT2D eigenvalue weighted by Crippen LogP contribution is -2.29. The molecule has 0 fully saturated rings. The van der Waals surface area contributed by atoms with Crippen molar-refractivity contribution in [1.29, 1.82) is 5.26 Å². The van der Waals surface area contributed by atoms with Gasteiger partial charge in [-0.2, -0.15) is 5.26 Å². The van der Waals surface area contributed by atoms with Crippen molar-refractivity contribution in [2.45, 2.75) is 0 Å². The van der Waals surface area contributed by atoms with Crippen LogP contribution in [0.3, 0.4) is 0 Å². The summed E-state index contributed by atoms with van der Waals surface area (Å²) in [5.74, 6) is -0.119. The highest BCUT2D eigenvalue weighted by Gasteiger charge is 2.12. The van der Waals surface area contributed by atoms with Gasteiger partial charge in [0.2, 0.25) is 0 Å². The van der Waals surface area contributed by atoms with Crippen molar-refractivity contribution in [2.24, 2.45) is 0 Å². The van der Waals surface area contributed by atoms with E-state index < -0.39 is 5.97 Å². The molecule has 1 heterocycles. The number of likely N-dealkylation sites (N-methyl/N-ethyl adjacent to an activating group) is 1. The minimum absolute atomic E-state index is 0.0228. The third kappa shape index (κ3) is 4.77. The summed E-state index contributed by atoms with van der Waals surface area (Å²) in [5, 5.41) is 20.3. The molecule has 0 unspecified atom stereocenters. The summed E-state index contributed by atoms with van der Waals surface area (Å²) in [6, 6.07) is 19.7. The van der Waals surface area contributed by atoms with Crippen LogP contribution >= 0.6 is 11.3 Å². The van der Waals surface area contributed by atoms with E-state index in [2.05, 4.69) is 6.07 Å². The highest BCUT2D eigenvalue weighted by Crippen LogP contribution is 2.37. The molecule has 6 heteroatoms. The molecule has 1 N–H and O–H groups in total. The molecule has 0 aliphatic heterocycles. The molecule has 5 nitrogen and oxygen atoms in total. The van der Waals surface area contributed by atoms with E-state index in [0.29, 0.717) is 18.7 Å². The zero-order chi connectivity index (χ0) is 19.9. The quantitative estimate of drug-likeness (QED) is 0.617. The smallest absolute Gasteiger partial charge is 0.317 e. The Morgan fingerprint density at radius 2 is 2.00 bits per heavy atom. The molecule has 28 heavy (non-hydrogen) atoms. The Hall–Kier alpha value is -3.14. The minimum Gasteiger partial charge on any atom is -0.492 e. The lowest BCUT2D eigenvalue weighted by atomic mass is 9.98. The predicted octanol–water partition coefficient (Wildman–Crippen LogP) is 4.35. The predicted molar refractivity (Wildman–Crippen MR) is 111 cm³/mol. The Labute approximate surface area is 168 Å². The fraction of sp³-hybridized carbons (Fsp3) is 0.182. The number of benzene rings is 2. The topological polar surface area (TPSA) is 73.6 Å². The summed E-state index contributed by atoms with van der Waals surface area (Å²) in [6.45, 7) is 0.872. The number of ether oxygens (including phenoxy) is 1. The Morgan fingerprint density at radius 3 is 2.71 bits per heavy atom. The summed E-state index contributed by atoms with van der Waals surface area (Å²) in [4.78, 5) is 13.5. The minimum atomic E-state index is -0.859. The first kappa shape index (κ1) is 19.6. The van der Waals surface area contributed by atoms with Gasteiger partial charge < -0.3 is 9.84 Å². The Bertz CT molecular complexity index is 993. The van der Waals surface area contributed by atoms with Gasteiger partial charge in [0.1, 0.15) is 12.4 Å². The van der Waals surface area contributed by atoms with E-state index in [1.54, 1.807) is 23.3 Å². The van der Waals surface area contributed by atoms with E-state index >= 15 is 0 Å². The average Bonchev–Trinajstić information content (AvgIpc) is 3.22. The monoisotopic (exact) mass is 392 g/mol. The first-order chi connectivity index (χ1) is 13.6. The van der Waals surface area contributed by atoms with Gasteiger partial charge in [-0.05, 0) is 47.8 Å². The molecule has 3 aromatic rings. The highest BCUT2D eigenvalue weighted by atomic mass is 32.1. The zero-order valence-corrected chi connectivity index (χ0v) is 16.3. The van der Waals surface area contributed by atoms with Crippen LogP contribution in [0.15, 0.2) is 60.0 Å². The summed E-state index contributed by atoms with van der Waals surface area (Å²) in [7, 11) is 1.75. The molecule has 0 saturated heterocycles. The van der Waals surface area contributed by atoms with Gasteiger partial charge in [-0.15, -0.1) is 11.3 Å². The third-order valence-corrected chi connectivity index (χ3v) is 5.16. The van der Waals surface area contributed by atoms with Crippen LogP contribution in [0.2, 0.25) is 0 Å². The van der Waals surface area contributed by atoms with Crippen LogP contribution in [0.4, 0.5) is 0 Å². The second-order valence-corrected chi connectivity index (χ2v) is 7.27. The molecule has 0 aliphatic rings. The highest BCUT2D eigenvalue weighted by molar-refractivity contribution is 7.13. The maximum atomic E-state index is 10.8. The Kier molecular flexibility index (Phi) is 6.43. The molecule has 3 rings (SSSR count). The van der Waals surface area contributed by atoms with Crippen LogP contribution < -0.4 is 4.74 Å². The number of thiophene rings is 1. The SMILES string of the molecule is CN(CCOc1ccc(-c2ccccc2C#N)cc1-c1cccs1)CC(=O)O. The van der Waals surface area contributed by atoms with Gasteiger partial charge in [0.05, 0.1) is 18.2 Å². The van der Waals surface area contributed by atoms with E-state index in [1.165, 1.54) is 0 Å². The summed E-state index contributed by atoms with van der Waals surface area (Å²) in [6.07, 6.45) is 0. The van der Waals surface area contributed by atoms with Crippen molar-refractivity contribution < 1.29 is 14.6 Å². The van der Waals surface area contributed by atoms with Crippen LogP contribution in [0.5, 0.6) is 5.75 Å². The number of hydrogen-bond donors (Lipinski definition) is 1. The number of aliphatic carboxylic acids is 1. The fourth-order valence-electron chi connectivity index (χ4n) is 2.90. The maximum Gasteiger partial charge on any atom is 0.317 e. The number of carboxylic acid groups (broad SMARTS) is 1. The molecule has 0 aliphatic carbocycles. The van der Waals surface area contributed by atoms with Crippen molar-refractivity contribution in [3.8, 4) is 33.4 Å². The van der Waals surface area contributed by atoms with Gasteiger partial charge in [-0.1, -0.05) is 30.3 Å². The summed E-state index contributed by atoms with van der Waals surface area (Å²) >= 11 is 1.62. The second-order valence-electron chi connectivity index (χ2n) is 6.33.